The summed E-state index contributed by atoms with van der Waals surface area (Å²) in [4.78, 5) is 13.7. The van der Waals surface area contributed by atoms with E-state index >= 15 is 0 Å². The number of benzene rings is 2. The summed E-state index contributed by atoms with van der Waals surface area (Å²) in [6.45, 7) is 0.981. The highest BCUT2D eigenvalue weighted by Crippen LogP contribution is 2.37. The zero-order valence-electron chi connectivity index (χ0n) is 14.9. The van der Waals surface area contributed by atoms with Gasteiger partial charge in [0.05, 0.1) is 10.9 Å². The van der Waals surface area contributed by atoms with Crippen molar-refractivity contribution in [2.75, 3.05) is 13.2 Å². The summed E-state index contributed by atoms with van der Waals surface area (Å²) in [5, 5.41) is 11.8. The highest BCUT2D eigenvalue weighted by atomic mass is 32.1. The predicted octanol–water partition coefficient (Wildman–Crippen LogP) is 4.46. The zero-order chi connectivity index (χ0) is 20.4. The van der Waals surface area contributed by atoms with Crippen LogP contribution in [0.25, 0.3) is 10.4 Å². The molecule has 2 aromatic carbocycles. The van der Waals surface area contributed by atoms with Crippen LogP contribution in [0.2, 0.25) is 0 Å². The summed E-state index contributed by atoms with van der Waals surface area (Å²) < 4.78 is 38.1. The molecule has 5 nitrogen and oxygen atoms in total. The molecular formula is C21H14F2N2O3S. The molecular weight excluding hydrogens is 398 g/mol. The van der Waals surface area contributed by atoms with Crippen LogP contribution in [-0.4, -0.2) is 19.1 Å². The van der Waals surface area contributed by atoms with E-state index in [1.807, 2.05) is 24.3 Å². The second-order valence-electron chi connectivity index (χ2n) is 6.22. The lowest BCUT2D eigenvalue weighted by Gasteiger charge is -2.18. The van der Waals surface area contributed by atoms with Crippen LogP contribution in [0.3, 0.4) is 0 Å². The van der Waals surface area contributed by atoms with Gasteiger partial charge in [-0.1, -0.05) is 6.07 Å². The molecule has 0 spiro atoms. The summed E-state index contributed by atoms with van der Waals surface area (Å²) in [7, 11) is 0. The Labute approximate surface area is 169 Å². The van der Waals surface area contributed by atoms with E-state index in [0.717, 1.165) is 22.6 Å². The third-order valence-electron chi connectivity index (χ3n) is 4.33. The molecule has 4 rings (SSSR count). The molecule has 0 saturated heterocycles. The van der Waals surface area contributed by atoms with Gasteiger partial charge in [0, 0.05) is 16.5 Å². The number of ether oxygens (including phenoxy) is 2. The Kier molecular flexibility index (Phi) is 5.14. The molecule has 1 aliphatic rings. The van der Waals surface area contributed by atoms with Gasteiger partial charge in [0.25, 0.3) is 5.91 Å². The number of carbonyl (C=O) groups is 1. The second kappa shape index (κ2) is 7.89. The Morgan fingerprint density at radius 3 is 2.62 bits per heavy atom. The van der Waals surface area contributed by atoms with Crippen LogP contribution in [0.15, 0.2) is 48.5 Å². The minimum absolute atomic E-state index is 0.0918. The summed E-state index contributed by atoms with van der Waals surface area (Å²) in [5.41, 5.74) is 0.769. The third kappa shape index (κ3) is 3.91. The molecule has 0 radical (unpaired) electrons. The van der Waals surface area contributed by atoms with Crippen molar-refractivity contribution in [1.29, 1.82) is 5.26 Å². The Morgan fingerprint density at radius 1 is 1.07 bits per heavy atom. The van der Waals surface area contributed by atoms with E-state index in [2.05, 4.69) is 5.32 Å². The van der Waals surface area contributed by atoms with Gasteiger partial charge in [-0.25, -0.2) is 8.78 Å². The molecule has 29 heavy (non-hydrogen) atoms. The first-order valence-corrected chi connectivity index (χ1v) is 9.52. The van der Waals surface area contributed by atoms with Gasteiger partial charge in [-0.05, 0) is 42.0 Å². The predicted molar refractivity (Wildman–Crippen MR) is 103 cm³/mol. The van der Waals surface area contributed by atoms with E-state index < -0.39 is 23.6 Å². The lowest BCUT2D eigenvalue weighted by molar-refractivity contribution is 0.0949. The number of thiophene rings is 1. The molecule has 3 aromatic rings. The fourth-order valence-electron chi connectivity index (χ4n) is 2.93. The number of hydrogen-bond donors (Lipinski definition) is 1. The molecule has 1 atom stereocenters. The normalized spacial score (nSPS) is 13.4. The van der Waals surface area contributed by atoms with Gasteiger partial charge in [0.15, 0.2) is 11.5 Å². The van der Waals surface area contributed by atoms with Gasteiger partial charge in [0.2, 0.25) is 0 Å². The fourth-order valence-corrected chi connectivity index (χ4v) is 3.83. The van der Waals surface area contributed by atoms with Crippen LogP contribution in [0, 0.1) is 23.0 Å². The van der Waals surface area contributed by atoms with Crippen LogP contribution in [0.5, 0.6) is 11.5 Å². The van der Waals surface area contributed by atoms with E-state index in [0.29, 0.717) is 35.7 Å². The quantitative estimate of drug-likeness (QED) is 0.687. The molecule has 1 N–H and O–H groups in total. The summed E-state index contributed by atoms with van der Waals surface area (Å²) in [6.07, 6.45) is 0. The van der Waals surface area contributed by atoms with Crippen LogP contribution in [0.1, 0.15) is 21.3 Å². The number of nitrogens with one attached hydrogen (secondary N) is 1. The molecule has 0 aliphatic carbocycles. The average Bonchev–Trinajstić information content (AvgIpc) is 3.22. The Bertz CT molecular complexity index is 1120. The topological polar surface area (TPSA) is 71.4 Å². The number of fused-ring (bicyclic) bond motifs is 1. The number of nitrogens with zero attached hydrogens (tertiary/aromatic N) is 1. The smallest absolute Gasteiger partial charge is 0.262 e. The number of carbonyl (C=O) groups excluding carboxylic acids is 1. The Hall–Kier alpha value is -3.44. The lowest BCUT2D eigenvalue weighted by atomic mass is 10.1. The number of rotatable bonds is 4. The zero-order valence-corrected chi connectivity index (χ0v) is 15.8. The van der Waals surface area contributed by atoms with Crippen molar-refractivity contribution in [2.24, 2.45) is 0 Å². The summed E-state index contributed by atoms with van der Waals surface area (Å²) >= 11 is 1.23. The van der Waals surface area contributed by atoms with Crippen LogP contribution in [-0.2, 0) is 0 Å². The molecule has 0 fully saturated rings. The van der Waals surface area contributed by atoms with E-state index in [9.17, 15) is 18.8 Å². The van der Waals surface area contributed by atoms with Crippen molar-refractivity contribution in [3.8, 4) is 28.0 Å². The number of nitriles is 1. The minimum Gasteiger partial charge on any atom is -0.486 e. The van der Waals surface area contributed by atoms with Gasteiger partial charge < -0.3 is 14.8 Å². The SMILES string of the molecule is N#CC(NC(=O)c1ccc(-c2ccc3c(c2)OCCO3)s1)c1ccc(F)cc1F. The molecule has 0 bridgehead atoms. The number of hydrogen-bond acceptors (Lipinski definition) is 5. The first-order chi connectivity index (χ1) is 14.0. The maximum atomic E-state index is 13.9. The second-order valence-corrected chi connectivity index (χ2v) is 7.31. The van der Waals surface area contributed by atoms with Crippen LogP contribution >= 0.6 is 11.3 Å². The highest BCUT2D eigenvalue weighted by Gasteiger charge is 2.21. The van der Waals surface area contributed by atoms with E-state index in [-0.39, 0.29) is 5.56 Å². The lowest BCUT2D eigenvalue weighted by Crippen LogP contribution is -2.27. The van der Waals surface area contributed by atoms with Crippen molar-refractivity contribution in [2.45, 2.75) is 6.04 Å². The van der Waals surface area contributed by atoms with Crippen LogP contribution < -0.4 is 14.8 Å². The monoisotopic (exact) mass is 412 g/mol. The third-order valence-corrected chi connectivity index (χ3v) is 5.47. The maximum absolute atomic E-state index is 13.9. The standard InChI is InChI=1S/C21H14F2N2O3S/c22-13-2-3-14(15(23)10-13)16(11-24)25-21(26)20-6-5-19(29-20)12-1-4-17-18(9-12)28-8-7-27-17/h1-6,9-10,16H,7-8H2,(H,25,26). The molecule has 8 heteroatoms. The van der Waals surface area contributed by atoms with Crippen molar-refractivity contribution < 1.29 is 23.0 Å². The average molecular weight is 412 g/mol. The van der Waals surface area contributed by atoms with Gasteiger partial charge in [-0.2, -0.15) is 5.26 Å². The minimum atomic E-state index is -1.23. The number of amides is 1. The molecule has 2 heterocycles. The fraction of sp³-hybridized carbons (Fsp3) is 0.143. The molecule has 0 saturated carbocycles. The van der Waals surface area contributed by atoms with Crippen molar-refractivity contribution >= 4 is 17.2 Å². The Morgan fingerprint density at radius 2 is 1.86 bits per heavy atom. The van der Waals surface area contributed by atoms with E-state index in [4.69, 9.17) is 9.47 Å². The van der Waals surface area contributed by atoms with E-state index in [1.54, 1.807) is 12.1 Å². The molecule has 1 aliphatic heterocycles. The number of halogens is 2. The first kappa shape index (κ1) is 18.9. The molecule has 1 unspecified atom stereocenters. The van der Waals surface area contributed by atoms with Gasteiger partial charge >= 0.3 is 0 Å². The van der Waals surface area contributed by atoms with Gasteiger partial charge in [0.1, 0.15) is 30.9 Å². The van der Waals surface area contributed by atoms with E-state index in [1.165, 1.54) is 11.3 Å². The highest BCUT2D eigenvalue weighted by molar-refractivity contribution is 7.17. The van der Waals surface area contributed by atoms with Crippen molar-refractivity contribution in [1.82, 2.24) is 5.32 Å². The van der Waals surface area contributed by atoms with Crippen LogP contribution in [0.4, 0.5) is 8.78 Å². The summed E-state index contributed by atoms with van der Waals surface area (Å²) in [6, 6.07) is 12.4. The van der Waals surface area contributed by atoms with Gasteiger partial charge in [-0.3, -0.25) is 4.79 Å². The van der Waals surface area contributed by atoms with Gasteiger partial charge in [-0.15, -0.1) is 11.3 Å². The molecule has 1 aromatic heterocycles. The maximum Gasteiger partial charge on any atom is 0.262 e. The molecule has 1 amide bonds. The van der Waals surface area contributed by atoms with Crippen molar-refractivity contribution in [3.05, 3.63) is 70.6 Å². The molecule has 146 valence electrons. The largest absolute Gasteiger partial charge is 0.486 e. The first-order valence-electron chi connectivity index (χ1n) is 8.70. The Balaban J connectivity index is 1.53. The van der Waals surface area contributed by atoms with Crippen molar-refractivity contribution in [3.63, 3.8) is 0 Å². The summed E-state index contributed by atoms with van der Waals surface area (Å²) in [5.74, 6) is -0.845.